The van der Waals surface area contributed by atoms with E-state index in [1.54, 1.807) is 19.1 Å². The first-order valence-electron chi connectivity index (χ1n) is 6.67. The van der Waals surface area contributed by atoms with Crippen molar-refractivity contribution in [3.63, 3.8) is 0 Å². The highest BCUT2D eigenvalue weighted by Gasteiger charge is 2.22. The fraction of sp³-hybridized carbons (Fsp3) is 0.200. The molecule has 7 nitrogen and oxygen atoms in total. The molecule has 8 heteroatoms. The van der Waals surface area contributed by atoms with Gasteiger partial charge in [-0.05, 0) is 43.2 Å². The van der Waals surface area contributed by atoms with Gasteiger partial charge in [0.25, 0.3) is 10.0 Å². The summed E-state index contributed by atoms with van der Waals surface area (Å²) in [6.45, 7) is 3.61. The molecule has 0 aliphatic rings. The first-order chi connectivity index (χ1) is 10.7. The van der Waals surface area contributed by atoms with Crippen LogP contribution in [-0.2, 0) is 10.0 Å². The summed E-state index contributed by atoms with van der Waals surface area (Å²) in [5, 5.41) is 11.0. The Morgan fingerprint density at radius 1 is 1.13 bits per heavy atom. The van der Waals surface area contributed by atoms with Gasteiger partial charge in [-0.25, -0.2) is 8.42 Å². The third kappa shape index (κ3) is 3.59. The van der Waals surface area contributed by atoms with E-state index in [4.69, 9.17) is 4.74 Å². The maximum Gasteiger partial charge on any atom is 0.312 e. The summed E-state index contributed by atoms with van der Waals surface area (Å²) in [5.74, 6) is 0.000635. The van der Waals surface area contributed by atoms with Crippen molar-refractivity contribution < 1.29 is 18.1 Å². The van der Waals surface area contributed by atoms with Gasteiger partial charge in [-0.2, -0.15) is 0 Å². The molecule has 2 rings (SSSR count). The van der Waals surface area contributed by atoms with Gasteiger partial charge in [0, 0.05) is 6.07 Å². The van der Waals surface area contributed by atoms with E-state index in [0.717, 1.165) is 17.2 Å². The second-order valence-electron chi connectivity index (χ2n) is 5.01. The number of nitro groups is 1. The maximum absolute atomic E-state index is 12.5. The van der Waals surface area contributed by atoms with E-state index in [1.165, 1.54) is 19.2 Å². The second kappa shape index (κ2) is 6.25. The van der Waals surface area contributed by atoms with Gasteiger partial charge in [-0.1, -0.05) is 12.1 Å². The number of hydrogen-bond acceptors (Lipinski definition) is 5. The molecular weight excluding hydrogens is 320 g/mol. The molecule has 0 saturated carbocycles. The highest BCUT2D eigenvalue weighted by Crippen LogP contribution is 2.30. The van der Waals surface area contributed by atoms with E-state index in [2.05, 4.69) is 4.72 Å². The molecule has 2 aromatic carbocycles. The molecule has 0 fully saturated rings. The molecule has 0 radical (unpaired) electrons. The number of methoxy groups -OCH3 is 1. The van der Waals surface area contributed by atoms with Crippen LogP contribution in [0.5, 0.6) is 5.75 Å². The molecule has 0 atom stereocenters. The minimum absolute atomic E-state index is 0.000635. The molecule has 0 aliphatic heterocycles. The van der Waals surface area contributed by atoms with Crippen LogP contribution < -0.4 is 9.46 Å². The molecule has 0 unspecified atom stereocenters. The van der Waals surface area contributed by atoms with Gasteiger partial charge in [0.1, 0.15) is 0 Å². The van der Waals surface area contributed by atoms with Crippen LogP contribution in [0.15, 0.2) is 41.3 Å². The Morgan fingerprint density at radius 3 is 2.43 bits per heavy atom. The van der Waals surface area contributed by atoms with E-state index in [-0.39, 0.29) is 10.6 Å². The highest BCUT2D eigenvalue weighted by molar-refractivity contribution is 7.92. The summed E-state index contributed by atoms with van der Waals surface area (Å²) in [7, 11) is -2.66. The first-order valence-corrected chi connectivity index (χ1v) is 8.15. The normalized spacial score (nSPS) is 11.1. The summed E-state index contributed by atoms with van der Waals surface area (Å²) in [4.78, 5) is 10.1. The SMILES string of the molecule is COc1ccc(S(=O)(=O)Nc2cc(C)ccc2C)cc1[N+](=O)[O-]. The lowest BCUT2D eigenvalue weighted by molar-refractivity contribution is -0.386. The Bertz CT molecular complexity index is 862. The Labute approximate surface area is 134 Å². The average molecular weight is 336 g/mol. The van der Waals surface area contributed by atoms with E-state index >= 15 is 0 Å². The van der Waals surface area contributed by atoms with E-state index in [0.29, 0.717) is 5.69 Å². The number of rotatable bonds is 5. The third-order valence-electron chi connectivity index (χ3n) is 3.29. The minimum atomic E-state index is -3.94. The van der Waals surface area contributed by atoms with Crippen LogP contribution in [0.3, 0.4) is 0 Å². The van der Waals surface area contributed by atoms with E-state index in [9.17, 15) is 18.5 Å². The summed E-state index contributed by atoms with van der Waals surface area (Å²) in [6, 6.07) is 8.86. The maximum atomic E-state index is 12.5. The standard InChI is InChI=1S/C15H16N2O5S/c1-10-4-5-11(2)13(8-10)16-23(20,21)12-6-7-15(22-3)14(9-12)17(18)19/h4-9,16H,1-3H3. The molecule has 0 spiro atoms. The molecule has 2 aromatic rings. The Balaban J connectivity index is 2.46. The first kappa shape index (κ1) is 16.8. The zero-order valence-corrected chi connectivity index (χ0v) is 13.7. The number of ether oxygens (including phenoxy) is 1. The number of aryl methyl sites for hydroxylation is 2. The fourth-order valence-electron chi connectivity index (χ4n) is 2.03. The van der Waals surface area contributed by atoms with Crippen LogP contribution in [0, 0.1) is 24.0 Å². The molecule has 23 heavy (non-hydrogen) atoms. The number of nitro benzene ring substituents is 1. The van der Waals surface area contributed by atoms with Crippen molar-refractivity contribution in [1.29, 1.82) is 0 Å². The van der Waals surface area contributed by atoms with Crippen molar-refractivity contribution in [2.75, 3.05) is 11.8 Å². The molecule has 122 valence electrons. The molecule has 0 bridgehead atoms. The third-order valence-corrected chi connectivity index (χ3v) is 4.66. The van der Waals surface area contributed by atoms with Gasteiger partial charge in [0.15, 0.2) is 5.75 Å². The van der Waals surface area contributed by atoms with Gasteiger partial charge in [0.05, 0.1) is 22.6 Å². The number of benzene rings is 2. The second-order valence-corrected chi connectivity index (χ2v) is 6.70. The van der Waals surface area contributed by atoms with Gasteiger partial charge in [0.2, 0.25) is 0 Å². The van der Waals surface area contributed by atoms with Crippen molar-refractivity contribution in [2.24, 2.45) is 0 Å². The zero-order chi connectivity index (χ0) is 17.2. The smallest absolute Gasteiger partial charge is 0.312 e. The molecule has 0 aliphatic carbocycles. The van der Waals surface area contributed by atoms with Gasteiger partial charge >= 0.3 is 5.69 Å². The molecule has 0 aromatic heterocycles. The van der Waals surface area contributed by atoms with E-state index in [1.807, 2.05) is 13.0 Å². The monoisotopic (exact) mass is 336 g/mol. The molecule has 0 heterocycles. The Kier molecular flexibility index (Phi) is 4.55. The lowest BCUT2D eigenvalue weighted by atomic mass is 10.1. The molecule has 0 amide bonds. The highest BCUT2D eigenvalue weighted by atomic mass is 32.2. The Morgan fingerprint density at radius 2 is 1.83 bits per heavy atom. The lowest BCUT2D eigenvalue weighted by Crippen LogP contribution is -2.14. The topological polar surface area (TPSA) is 98.5 Å². The lowest BCUT2D eigenvalue weighted by Gasteiger charge is -2.12. The predicted octanol–water partition coefficient (Wildman–Crippen LogP) is 3.02. The van der Waals surface area contributed by atoms with Gasteiger partial charge in [-0.15, -0.1) is 0 Å². The van der Waals surface area contributed by atoms with Crippen molar-refractivity contribution >= 4 is 21.4 Å². The van der Waals surface area contributed by atoms with Crippen molar-refractivity contribution in [2.45, 2.75) is 18.7 Å². The quantitative estimate of drug-likeness (QED) is 0.668. The van der Waals surface area contributed by atoms with Crippen LogP contribution in [-0.4, -0.2) is 20.5 Å². The summed E-state index contributed by atoms with van der Waals surface area (Å²) in [6.07, 6.45) is 0. The number of nitrogens with zero attached hydrogens (tertiary/aromatic N) is 1. The van der Waals surface area contributed by atoms with E-state index < -0.39 is 20.6 Å². The van der Waals surface area contributed by atoms with Crippen molar-refractivity contribution in [3.05, 3.63) is 57.6 Å². The number of nitrogens with one attached hydrogen (secondary N) is 1. The molecule has 1 N–H and O–H groups in total. The Hall–Kier alpha value is -2.61. The van der Waals surface area contributed by atoms with Crippen LogP contribution in [0.25, 0.3) is 0 Å². The van der Waals surface area contributed by atoms with Gasteiger partial charge < -0.3 is 4.74 Å². The minimum Gasteiger partial charge on any atom is -0.490 e. The van der Waals surface area contributed by atoms with Crippen LogP contribution in [0.1, 0.15) is 11.1 Å². The molecule has 0 saturated heterocycles. The van der Waals surface area contributed by atoms with Crippen LogP contribution in [0.2, 0.25) is 0 Å². The van der Waals surface area contributed by atoms with Gasteiger partial charge in [-0.3, -0.25) is 14.8 Å². The van der Waals surface area contributed by atoms with Crippen molar-refractivity contribution in [1.82, 2.24) is 0 Å². The van der Waals surface area contributed by atoms with Crippen LogP contribution >= 0.6 is 0 Å². The predicted molar refractivity (Wildman–Crippen MR) is 86.4 cm³/mol. The number of anilines is 1. The zero-order valence-electron chi connectivity index (χ0n) is 12.9. The number of sulfonamides is 1. The summed E-state index contributed by atoms with van der Waals surface area (Å²) in [5.41, 5.74) is 1.68. The largest absolute Gasteiger partial charge is 0.490 e. The fourth-order valence-corrected chi connectivity index (χ4v) is 3.17. The number of hydrogen-bond donors (Lipinski definition) is 1. The van der Waals surface area contributed by atoms with Crippen molar-refractivity contribution in [3.8, 4) is 5.75 Å². The average Bonchev–Trinajstić information content (AvgIpc) is 2.50. The summed E-state index contributed by atoms with van der Waals surface area (Å²) < 4.78 is 32.3. The van der Waals surface area contributed by atoms with Crippen LogP contribution in [0.4, 0.5) is 11.4 Å². The molecular formula is C15H16N2O5S. The summed E-state index contributed by atoms with van der Waals surface area (Å²) >= 11 is 0.